The van der Waals surface area contributed by atoms with E-state index in [1.165, 1.54) is 50.3 Å². The second-order valence-electron chi connectivity index (χ2n) is 4.58. The smallest absolute Gasteiger partial charge is 0.188 e. The van der Waals surface area contributed by atoms with Crippen LogP contribution in [0.25, 0.3) is 0 Å². The summed E-state index contributed by atoms with van der Waals surface area (Å²) < 4.78 is 0. The molecule has 0 amide bonds. The van der Waals surface area contributed by atoms with Crippen molar-refractivity contribution < 1.29 is 0 Å². The van der Waals surface area contributed by atoms with E-state index in [9.17, 15) is 0 Å². The van der Waals surface area contributed by atoms with Crippen molar-refractivity contribution in [2.75, 3.05) is 6.26 Å². The second kappa shape index (κ2) is 8.76. The van der Waals surface area contributed by atoms with E-state index >= 15 is 0 Å². The molecule has 2 nitrogen and oxygen atoms in total. The van der Waals surface area contributed by atoms with Gasteiger partial charge in [0.05, 0.1) is 0 Å². The van der Waals surface area contributed by atoms with Gasteiger partial charge in [-0.3, -0.25) is 0 Å². The Hall–Kier alpha value is -0.280. The van der Waals surface area contributed by atoms with E-state index in [2.05, 4.69) is 16.9 Å². The SMILES string of the molecule is CCCCCCCCc1c(C)nc(SC)nc1Cl. The molecule has 0 spiro atoms. The number of unbranched alkanes of at least 4 members (excludes halogenated alkanes) is 5. The summed E-state index contributed by atoms with van der Waals surface area (Å²) >= 11 is 7.75. The van der Waals surface area contributed by atoms with Gasteiger partial charge in [-0.05, 0) is 26.0 Å². The van der Waals surface area contributed by atoms with Gasteiger partial charge < -0.3 is 0 Å². The lowest BCUT2D eigenvalue weighted by molar-refractivity contribution is 0.605. The summed E-state index contributed by atoms with van der Waals surface area (Å²) in [5, 5.41) is 1.41. The summed E-state index contributed by atoms with van der Waals surface area (Å²) in [6, 6.07) is 0. The van der Waals surface area contributed by atoms with Gasteiger partial charge in [0.25, 0.3) is 0 Å². The molecule has 1 heterocycles. The molecule has 0 atom stereocenters. The minimum atomic E-state index is 0.639. The van der Waals surface area contributed by atoms with Crippen molar-refractivity contribution in [3.05, 3.63) is 16.4 Å². The fraction of sp³-hybridized carbons (Fsp3) is 0.714. The van der Waals surface area contributed by atoms with Crippen LogP contribution >= 0.6 is 23.4 Å². The van der Waals surface area contributed by atoms with Crippen molar-refractivity contribution in [2.24, 2.45) is 0 Å². The molecular weight excluding hydrogens is 264 g/mol. The molecule has 0 saturated heterocycles. The van der Waals surface area contributed by atoms with E-state index in [-0.39, 0.29) is 0 Å². The number of hydrogen-bond acceptors (Lipinski definition) is 3. The summed E-state index contributed by atoms with van der Waals surface area (Å²) in [5.74, 6) is 0. The number of thioether (sulfide) groups is 1. The number of hydrogen-bond donors (Lipinski definition) is 0. The first kappa shape index (κ1) is 15.8. The molecule has 0 saturated carbocycles. The third-order valence-electron chi connectivity index (χ3n) is 3.11. The number of nitrogens with zero attached hydrogens (tertiary/aromatic N) is 2. The minimum Gasteiger partial charge on any atom is -0.228 e. The number of aryl methyl sites for hydroxylation is 1. The number of aromatic nitrogens is 2. The molecule has 18 heavy (non-hydrogen) atoms. The monoisotopic (exact) mass is 286 g/mol. The lowest BCUT2D eigenvalue weighted by Crippen LogP contribution is -1.99. The van der Waals surface area contributed by atoms with Gasteiger partial charge in [-0.25, -0.2) is 9.97 Å². The van der Waals surface area contributed by atoms with E-state index in [0.29, 0.717) is 5.15 Å². The molecule has 0 aliphatic heterocycles. The largest absolute Gasteiger partial charge is 0.228 e. The zero-order valence-electron chi connectivity index (χ0n) is 11.6. The predicted octanol–water partition coefficient (Wildman–Crippen LogP) is 5.06. The maximum Gasteiger partial charge on any atom is 0.188 e. The van der Waals surface area contributed by atoms with Gasteiger partial charge in [-0.2, -0.15) is 0 Å². The van der Waals surface area contributed by atoms with Gasteiger partial charge in [0.1, 0.15) is 5.15 Å². The first-order chi connectivity index (χ1) is 8.69. The Morgan fingerprint density at radius 2 is 1.72 bits per heavy atom. The Morgan fingerprint density at radius 3 is 2.33 bits per heavy atom. The highest BCUT2D eigenvalue weighted by molar-refractivity contribution is 7.98. The third kappa shape index (κ3) is 5.15. The molecule has 1 rings (SSSR count). The molecule has 0 unspecified atom stereocenters. The highest BCUT2D eigenvalue weighted by Gasteiger charge is 2.09. The first-order valence-corrected chi connectivity index (χ1v) is 8.36. The highest BCUT2D eigenvalue weighted by atomic mass is 35.5. The van der Waals surface area contributed by atoms with E-state index in [0.717, 1.165) is 22.8 Å². The molecule has 0 N–H and O–H groups in total. The number of rotatable bonds is 8. The van der Waals surface area contributed by atoms with Crippen LogP contribution < -0.4 is 0 Å². The van der Waals surface area contributed by atoms with Crippen molar-refractivity contribution in [1.82, 2.24) is 9.97 Å². The van der Waals surface area contributed by atoms with Crippen molar-refractivity contribution >= 4 is 23.4 Å². The fourth-order valence-electron chi connectivity index (χ4n) is 1.99. The van der Waals surface area contributed by atoms with Crippen molar-refractivity contribution in [3.8, 4) is 0 Å². The molecule has 0 aromatic carbocycles. The van der Waals surface area contributed by atoms with Gasteiger partial charge in [0.15, 0.2) is 5.16 Å². The van der Waals surface area contributed by atoms with Gasteiger partial charge in [0, 0.05) is 11.3 Å². The Kier molecular flexibility index (Phi) is 7.68. The average Bonchev–Trinajstić information content (AvgIpc) is 2.35. The summed E-state index contributed by atoms with van der Waals surface area (Å²) in [6.07, 6.45) is 10.8. The molecule has 0 aliphatic rings. The Morgan fingerprint density at radius 1 is 1.06 bits per heavy atom. The molecule has 0 aliphatic carbocycles. The Labute approximate surface area is 120 Å². The summed E-state index contributed by atoms with van der Waals surface area (Å²) in [7, 11) is 0. The van der Waals surface area contributed by atoms with E-state index in [4.69, 9.17) is 11.6 Å². The van der Waals surface area contributed by atoms with Crippen molar-refractivity contribution in [1.29, 1.82) is 0 Å². The summed E-state index contributed by atoms with van der Waals surface area (Å²) in [5.41, 5.74) is 2.16. The average molecular weight is 287 g/mol. The molecule has 0 bridgehead atoms. The standard InChI is InChI=1S/C14H23ClN2S/c1-4-5-6-7-8-9-10-12-11(2)16-14(18-3)17-13(12)15/h4-10H2,1-3H3. The maximum absolute atomic E-state index is 6.21. The van der Waals surface area contributed by atoms with Gasteiger partial charge in [0.2, 0.25) is 0 Å². The first-order valence-electron chi connectivity index (χ1n) is 6.76. The fourth-order valence-corrected chi connectivity index (χ4v) is 2.77. The molecule has 0 radical (unpaired) electrons. The van der Waals surface area contributed by atoms with Gasteiger partial charge >= 0.3 is 0 Å². The zero-order valence-corrected chi connectivity index (χ0v) is 13.2. The third-order valence-corrected chi connectivity index (χ3v) is 3.97. The van der Waals surface area contributed by atoms with Crippen LogP contribution in [0.2, 0.25) is 5.15 Å². The van der Waals surface area contributed by atoms with E-state index in [1.54, 1.807) is 0 Å². The van der Waals surface area contributed by atoms with E-state index in [1.807, 2.05) is 13.2 Å². The minimum absolute atomic E-state index is 0.639. The normalized spacial score (nSPS) is 10.9. The highest BCUT2D eigenvalue weighted by Crippen LogP contribution is 2.22. The van der Waals surface area contributed by atoms with Crippen LogP contribution in [0.3, 0.4) is 0 Å². The van der Waals surface area contributed by atoms with E-state index < -0.39 is 0 Å². The van der Waals surface area contributed by atoms with Crippen LogP contribution in [-0.2, 0) is 6.42 Å². The van der Waals surface area contributed by atoms with Crippen molar-refractivity contribution in [2.45, 2.75) is 63.9 Å². The van der Waals surface area contributed by atoms with Crippen molar-refractivity contribution in [3.63, 3.8) is 0 Å². The zero-order chi connectivity index (χ0) is 13.4. The van der Waals surface area contributed by atoms with Crippen LogP contribution in [-0.4, -0.2) is 16.2 Å². The second-order valence-corrected chi connectivity index (χ2v) is 5.71. The van der Waals surface area contributed by atoms with Crippen LogP contribution in [0, 0.1) is 6.92 Å². The lowest BCUT2D eigenvalue weighted by atomic mass is 10.1. The summed E-state index contributed by atoms with van der Waals surface area (Å²) in [6.45, 7) is 4.27. The quantitative estimate of drug-likeness (QED) is 0.289. The Balaban J connectivity index is 2.42. The van der Waals surface area contributed by atoms with Crippen LogP contribution in [0.5, 0.6) is 0 Å². The number of halogens is 1. The Bertz CT molecular complexity index is 346. The van der Waals surface area contributed by atoms with Crippen LogP contribution in [0.4, 0.5) is 0 Å². The lowest BCUT2D eigenvalue weighted by Gasteiger charge is -2.08. The predicted molar refractivity (Wildman–Crippen MR) is 80.6 cm³/mol. The molecule has 102 valence electrons. The topological polar surface area (TPSA) is 25.8 Å². The van der Waals surface area contributed by atoms with Crippen LogP contribution in [0.15, 0.2) is 5.16 Å². The maximum atomic E-state index is 6.21. The molecule has 4 heteroatoms. The van der Waals surface area contributed by atoms with Gasteiger partial charge in [-0.15, -0.1) is 0 Å². The summed E-state index contributed by atoms with van der Waals surface area (Å²) in [4.78, 5) is 8.75. The van der Waals surface area contributed by atoms with Crippen LogP contribution in [0.1, 0.15) is 56.7 Å². The molecule has 0 fully saturated rings. The molecular formula is C14H23ClN2S. The van der Waals surface area contributed by atoms with Gasteiger partial charge in [-0.1, -0.05) is 62.4 Å². The molecule has 1 aromatic heterocycles. The molecule has 1 aromatic rings.